The molecule has 1 aromatic carbocycles. The molecule has 0 spiro atoms. The molecule has 0 aliphatic rings. The molecule has 0 bridgehead atoms. The van der Waals surface area contributed by atoms with E-state index in [4.69, 9.17) is 5.11 Å². The quantitative estimate of drug-likeness (QED) is 0.856. The summed E-state index contributed by atoms with van der Waals surface area (Å²) in [6.45, 7) is -0.222. The second-order valence-electron chi connectivity index (χ2n) is 4.49. The van der Waals surface area contributed by atoms with E-state index < -0.39 is 0 Å². The van der Waals surface area contributed by atoms with Gasteiger partial charge in [-0.1, -0.05) is 24.0 Å². The minimum Gasteiger partial charge on any atom is -0.384 e. The Bertz CT molecular complexity index is 696. The van der Waals surface area contributed by atoms with Crippen LogP contribution in [-0.2, 0) is 0 Å². The summed E-state index contributed by atoms with van der Waals surface area (Å²) in [5.41, 5.74) is 2.32. The Morgan fingerprint density at radius 1 is 1.33 bits per heavy atom. The van der Waals surface area contributed by atoms with Crippen LogP contribution in [0.5, 0.6) is 0 Å². The number of nitrogens with zero attached hydrogens (tertiary/aromatic N) is 1. The number of hydrogen-bond donors (Lipinski definition) is 2. The lowest BCUT2D eigenvalue weighted by Gasteiger charge is -2.17. The maximum Gasteiger partial charge on any atom is 0.267 e. The molecule has 0 aliphatic heterocycles. The van der Waals surface area contributed by atoms with Crippen molar-refractivity contribution >= 4 is 28.6 Å². The molecule has 2 aromatic rings. The monoisotopic (exact) mass is 300 g/mol. The fourth-order valence-corrected chi connectivity index (χ4v) is 2.61. The highest BCUT2D eigenvalue weighted by molar-refractivity contribution is 7.12. The SMILES string of the molecule is CN(C)c1ccccc1NC(=O)c1sccc1C#CCO. The van der Waals surface area contributed by atoms with E-state index in [1.54, 1.807) is 6.07 Å². The van der Waals surface area contributed by atoms with Crippen LogP contribution in [0.1, 0.15) is 15.2 Å². The van der Waals surface area contributed by atoms with Gasteiger partial charge in [-0.15, -0.1) is 11.3 Å². The lowest BCUT2D eigenvalue weighted by molar-refractivity contribution is 0.103. The number of aliphatic hydroxyl groups excluding tert-OH is 1. The molecule has 0 aliphatic carbocycles. The van der Waals surface area contributed by atoms with Gasteiger partial charge in [0.1, 0.15) is 11.5 Å². The average molecular weight is 300 g/mol. The molecular formula is C16H16N2O2S. The van der Waals surface area contributed by atoms with Crippen molar-refractivity contribution in [1.82, 2.24) is 0 Å². The Kier molecular flexibility index (Phi) is 4.99. The maximum atomic E-state index is 12.4. The van der Waals surface area contributed by atoms with Crippen LogP contribution in [0.3, 0.4) is 0 Å². The van der Waals surface area contributed by atoms with Crippen LogP contribution < -0.4 is 10.2 Å². The van der Waals surface area contributed by atoms with Crippen molar-refractivity contribution in [2.45, 2.75) is 0 Å². The van der Waals surface area contributed by atoms with E-state index in [1.165, 1.54) is 11.3 Å². The Morgan fingerprint density at radius 2 is 2.10 bits per heavy atom. The average Bonchev–Trinajstić information content (AvgIpc) is 2.94. The summed E-state index contributed by atoms with van der Waals surface area (Å²) in [7, 11) is 3.85. The van der Waals surface area contributed by atoms with Crippen molar-refractivity contribution < 1.29 is 9.90 Å². The summed E-state index contributed by atoms with van der Waals surface area (Å²) in [6.07, 6.45) is 0. The zero-order chi connectivity index (χ0) is 15.2. The molecule has 0 fully saturated rings. The normalized spacial score (nSPS) is 9.67. The molecule has 2 N–H and O–H groups in total. The molecule has 2 rings (SSSR count). The van der Waals surface area contributed by atoms with Gasteiger partial charge in [0.25, 0.3) is 5.91 Å². The van der Waals surface area contributed by atoms with Gasteiger partial charge in [-0.3, -0.25) is 4.79 Å². The van der Waals surface area contributed by atoms with Crippen LogP contribution in [-0.4, -0.2) is 31.7 Å². The minimum absolute atomic E-state index is 0.193. The molecule has 0 atom stereocenters. The van der Waals surface area contributed by atoms with E-state index in [0.717, 1.165) is 11.4 Å². The van der Waals surface area contributed by atoms with E-state index in [2.05, 4.69) is 17.2 Å². The van der Waals surface area contributed by atoms with Gasteiger partial charge in [0.05, 0.1) is 11.4 Å². The van der Waals surface area contributed by atoms with Crippen LogP contribution in [0.15, 0.2) is 35.7 Å². The molecule has 1 amide bonds. The zero-order valence-electron chi connectivity index (χ0n) is 11.9. The van der Waals surface area contributed by atoms with Crippen molar-refractivity contribution in [3.8, 4) is 11.8 Å². The van der Waals surface area contributed by atoms with Gasteiger partial charge in [0.15, 0.2) is 0 Å². The number of aliphatic hydroxyl groups is 1. The number of amides is 1. The fourth-order valence-electron chi connectivity index (χ4n) is 1.87. The molecule has 0 saturated heterocycles. The second kappa shape index (κ2) is 6.93. The van der Waals surface area contributed by atoms with Gasteiger partial charge >= 0.3 is 0 Å². The van der Waals surface area contributed by atoms with Crippen LogP contribution in [0.4, 0.5) is 11.4 Å². The summed E-state index contributed by atoms with van der Waals surface area (Å²) in [4.78, 5) is 14.9. The third-order valence-corrected chi connectivity index (χ3v) is 3.72. The first-order valence-electron chi connectivity index (χ1n) is 6.38. The summed E-state index contributed by atoms with van der Waals surface area (Å²) in [6, 6.07) is 9.38. The highest BCUT2D eigenvalue weighted by Gasteiger charge is 2.14. The highest BCUT2D eigenvalue weighted by atomic mass is 32.1. The maximum absolute atomic E-state index is 12.4. The standard InChI is InChI=1S/C16H16N2O2S/c1-18(2)14-8-4-3-7-13(14)17-16(20)15-12(6-5-10-19)9-11-21-15/h3-4,7-9,11,19H,10H2,1-2H3,(H,17,20). The van der Waals surface area contributed by atoms with Gasteiger partial charge in [0, 0.05) is 19.7 Å². The van der Waals surface area contributed by atoms with Gasteiger partial charge < -0.3 is 15.3 Å². The third kappa shape index (κ3) is 3.63. The number of benzene rings is 1. The lowest BCUT2D eigenvalue weighted by atomic mass is 10.2. The fraction of sp³-hybridized carbons (Fsp3) is 0.188. The number of rotatable bonds is 3. The number of carbonyl (C=O) groups is 1. The van der Waals surface area contributed by atoms with Crippen LogP contribution in [0.25, 0.3) is 0 Å². The van der Waals surface area contributed by atoms with Crippen molar-refractivity contribution in [3.05, 3.63) is 46.2 Å². The topological polar surface area (TPSA) is 52.6 Å². The van der Waals surface area contributed by atoms with Crippen molar-refractivity contribution in [2.24, 2.45) is 0 Å². The summed E-state index contributed by atoms with van der Waals surface area (Å²) in [5, 5.41) is 13.5. The van der Waals surface area contributed by atoms with E-state index in [0.29, 0.717) is 10.4 Å². The Labute approximate surface area is 128 Å². The van der Waals surface area contributed by atoms with Crippen molar-refractivity contribution in [2.75, 3.05) is 30.9 Å². The number of para-hydroxylation sites is 2. The molecule has 1 aromatic heterocycles. The third-order valence-electron chi connectivity index (χ3n) is 2.81. The Hall–Kier alpha value is -2.29. The van der Waals surface area contributed by atoms with E-state index >= 15 is 0 Å². The van der Waals surface area contributed by atoms with Gasteiger partial charge in [-0.2, -0.15) is 0 Å². The van der Waals surface area contributed by atoms with Gasteiger partial charge in [-0.05, 0) is 23.6 Å². The van der Waals surface area contributed by atoms with E-state index in [1.807, 2.05) is 48.6 Å². The minimum atomic E-state index is -0.222. The zero-order valence-corrected chi connectivity index (χ0v) is 12.7. The Morgan fingerprint density at radius 3 is 2.81 bits per heavy atom. The Balaban J connectivity index is 2.25. The molecule has 0 unspecified atom stereocenters. The molecular weight excluding hydrogens is 284 g/mol. The molecule has 4 nitrogen and oxygen atoms in total. The smallest absolute Gasteiger partial charge is 0.267 e. The largest absolute Gasteiger partial charge is 0.384 e. The highest BCUT2D eigenvalue weighted by Crippen LogP contribution is 2.25. The van der Waals surface area contributed by atoms with Gasteiger partial charge in [0.2, 0.25) is 0 Å². The van der Waals surface area contributed by atoms with E-state index in [-0.39, 0.29) is 12.5 Å². The lowest BCUT2D eigenvalue weighted by Crippen LogP contribution is -2.16. The molecule has 5 heteroatoms. The van der Waals surface area contributed by atoms with Crippen LogP contribution in [0, 0.1) is 11.8 Å². The van der Waals surface area contributed by atoms with E-state index in [9.17, 15) is 4.79 Å². The molecule has 108 valence electrons. The molecule has 0 saturated carbocycles. The van der Waals surface area contributed by atoms with Crippen LogP contribution in [0.2, 0.25) is 0 Å². The molecule has 21 heavy (non-hydrogen) atoms. The first-order chi connectivity index (χ1) is 10.1. The van der Waals surface area contributed by atoms with Crippen LogP contribution >= 0.6 is 11.3 Å². The van der Waals surface area contributed by atoms with Gasteiger partial charge in [-0.25, -0.2) is 0 Å². The summed E-state index contributed by atoms with van der Waals surface area (Å²) < 4.78 is 0. The first kappa shape index (κ1) is 15.1. The number of nitrogens with one attached hydrogen (secondary N) is 1. The van der Waals surface area contributed by atoms with Crippen molar-refractivity contribution in [1.29, 1.82) is 0 Å². The summed E-state index contributed by atoms with van der Waals surface area (Å²) in [5.74, 6) is 5.16. The number of thiophene rings is 1. The van der Waals surface area contributed by atoms with Crippen molar-refractivity contribution in [3.63, 3.8) is 0 Å². The summed E-state index contributed by atoms with van der Waals surface area (Å²) >= 11 is 1.33. The second-order valence-corrected chi connectivity index (χ2v) is 5.41. The predicted molar refractivity (Wildman–Crippen MR) is 87.0 cm³/mol. The molecule has 1 heterocycles. The molecule has 0 radical (unpaired) electrons. The predicted octanol–water partition coefficient (Wildman–Crippen LogP) is 2.41. The number of anilines is 2. The number of hydrogen-bond acceptors (Lipinski definition) is 4. The number of carbonyl (C=O) groups excluding carboxylic acids is 1. The first-order valence-corrected chi connectivity index (χ1v) is 7.26.